The molecule has 0 amide bonds. The Balaban J connectivity index is 1.75. The Morgan fingerprint density at radius 3 is 2.70 bits per heavy atom. The van der Waals surface area contributed by atoms with Crippen LogP contribution >= 0.6 is 11.3 Å². The van der Waals surface area contributed by atoms with Gasteiger partial charge in [0.15, 0.2) is 5.13 Å². The molecular formula is C16H27N3S. The van der Waals surface area contributed by atoms with E-state index in [9.17, 15) is 0 Å². The Kier molecular flexibility index (Phi) is 3.80. The van der Waals surface area contributed by atoms with Crippen molar-refractivity contribution in [1.82, 2.24) is 10.3 Å². The van der Waals surface area contributed by atoms with Crippen LogP contribution in [0.25, 0.3) is 0 Å². The van der Waals surface area contributed by atoms with Gasteiger partial charge in [-0.3, -0.25) is 0 Å². The molecule has 3 nitrogen and oxygen atoms in total. The van der Waals surface area contributed by atoms with Gasteiger partial charge in [-0.05, 0) is 52.4 Å². The van der Waals surface area contributed by atoms with Crippen LogP contribution in [-0.4, -0.2) is 23.1 Å². The lowest BCUT2D eigenvalue weighted by Gasteiger charge is -2.26. The predicted molar refractivity (Wildman–Crippen MR) is 86.6 cm³/mol. The zero-order valence-electron chi connectivity index (χ0n) is 13.2. The lowest BCUT2D eigenvalue weighted by molar-refractivity contribution is 0.425. The molecule has 0 radical (unpaired) electrons. The van der Waals surface area contributed by atoms with Crippen LogP contribution in [0.3, 0.4) is 0 Å². The maximum Gasteiger partial charge on any atom is 0.186 e. The number of rotatable bonds is 4. The van der Waals surface area contributed by atoms with Gasteiger partial charge in [0.1, 0.15) is 0 Å². The number of thiazole rings is 1. The summed E-state index contributed by atoms with van der Waals surface area (Å²) in [5, 5.41) is 4.88. The van der Waals surface area contributed by atoms with E-state index in [1.54, 1.807) is 0 Å². The van der Waals surface area contributed by atoms with Crippen molar-refractivity contribution in [1.29, 1.82) is 0 Å². The van der Waals surface area contributed by atoms with E-state index in [4.69, 9.17) is 4.98 Å². The van der Waals surface area contributed by atoms with Gasteiger partial charge in [-0.15, -0.1) is 11.3 Å². The first kappa shape index (κ1) is 14.3. The molecule has 112 valence electrons. The van der Waals surface area contributed by atoms with Crippen LogP contribution in [0, 0.1) is 5.92 Å². The average Bonchev–Trinajstić information content (AvgIpc) is 3.09. The van der Waals surface area contributed by atoms with Gasteiger partial charge >= 0.3 is 0 Å². The Hall–Kier alpha value is -0.610. The monoisotopic (exact) mass is 293 g/mol. The number of aromatic nitrogens is 1. The number of aryl methyl sites for hydroxylation is 1. The zero-order valence-corrected chi connectivity index (χ0v) is 14.0. The lowest BCUT2D eigenvalue weighted by atomic mass is 10.1. The van der Waals surface area contributed by atoms with Crippen LogP contribution < -0.4 is 10.2 Å². The third-order valence-electron chi connectivity index (χ3n) is 4.54. The molecule has 1 aliphatic heterocycles. The summed E-state index contributed by atoms with van der Waals surface area (Å²) in [6.45, 7) is 11.1. The highest BCUT2D eigenvalue weighted by Gasteiger charge is 2.39. The number of nitrogens with zero attached hydrogens (tertiary/aromatic N) is 2. The molecule has 4 heteroatoms. The number of hydrogen-bond acceptors (Lipinski definition) is 4. The van der Waals surface area contributed by atoms with Crippen LogP contribution in [0.4, 0.5) is 5.13 Å². The number of piperidine rings is 1. The molecule has 1 N–H and O–H groups in total. The van der Waals surface area contributed by atoms with Crippen molar-refractivity contribution in [3.63, 3.8) is 0 Å². The summed E-state index contributed by atoms with van der Waals surface area (Å²) in [6, 6.07) is 0.777. The third-order valence-corrected chi connectivity index (χ3v) is 5.67. The Bertz CT molecular complexity index is 475. The van der Waals surface area contributed by atoms with Gasteiger partial charge in [0.2, 0.25) is 0 Å². The zero-order chi connectivity index (χ0) is 14.3. The fourth-order valence-corrected chi connectivity index (χ4v) is 4.58. The van der Waals surface area contributed by atoms with Crippen molar-refractivity contribution in [3.8, 4) is 0 Å². The van der Waals surface area contributed by atoms with Gasteiger partial charge in [0.25, 0.3) is 0 Å². The SMILES string of the molecule is CCc1nc(N2CC3CCC2C3)sc1CNC(C)(C)C. The normalized spacial score (nSPS) is 25.7. The minimum atomic E-state index is 0.169. The minimum Gasteiger partial charge on any atom is -0.345 e. The fraction of sp³-hybridized carbons (Fsp3) is 0.812. The molecular weight excluding hydrogens is 266 g/mol. The molecule has 2 unspecified atom stereocenters. The molecule has 0 aromatic carbocycles. The lowest BCUT2D eigenvalue weighted by Crippen LogP contribution is -2.35. The molecule has 2 fully saturated rings. The van der Waals surface area contributed by atoms with Crippen molar-refractivity contribution in [2.45, 2.75) is 71.5 Å². The van der Waals surface area contributed by atoms with Gasteiger partial charge in [0.05, 0.1) is 5.69 Å². The topological polar surface area (TPSA) is 28.2 Å². The van der Waals surface area contributed by atoms with Gasteiger partial charge in [-0.2, -0.15) is 0 Å². The van der Waals surface area contributed by atoms with Crippen LogP contribution in [-0.2, 0) is 13.0 Å². The Morgan fingerprint density at radius 2 is 2.15 bits per heavy atom. The third kappa shape index (κ3) is 2.86. The minimum absolute atomic E-state index is 0.169. The highest BCUT2D eigenvalue weighted by atomic mass is 32.1. The summed E-state index contributed by atoms with van der Waals surface area (Å²) in [6.07, 6.45) is 5.25. The number of nitrogens with one attached hydrogen (secondary N) is 1. The smallest absolute Gasteiger partial charge is 0.186 e. The second-order valence-electron chi connectivity index (χ2n) is 7.31. The van der Waals surface area contributed by atoms with Crippen molar-refractivity contribution < 1.29 is 0 Å². The van der Waals surface area contributed by atoms with Crippen LogP contribution in [0.1, 0.15) is 57.5 Å². The molecule has 0 spiro atoms. The van der Waals surface area contributed by atoms with E-state index in [1.807, 2.05) is 11.3 Å². The van der Waals surface area contributed by atoms with Crippen LogP contribution in [0.5, 0.6) is 0 Å². The summed E-state index contributed by atoms with van der Waals surface area (Å²) < 4.78 is 0. The average molecular weight is 293 g/mol. The second-order valence-corrected chi connectivity index (χ2v) is 8.37. The highest BCUT2D eigenvalue weighted by molar-refractivity contribution is 7.15. The molecule has 2 aliphatic rings. The first-order chi connectivity index (χ1) is 9.46. The molecule has 2 heterocycles. The first-order valence-electron chi connectivity index (χ1n) is 7.96. The van der Waals surface area contributed by atoms with E-state index in [2.05, 4.69) is 37.9 Å². The molecule has 1 aromatic heterocycles. The van der Waals surface area contributed by atoms with E-state index in [0.717, 1.165) is 24.9 Å². The molecule has 1 saturated heterocycles. The van der Waals surface area contributed by atoms with E-state index < -0.39 is 0 Å². The van der Waals surface area contributed by atoms with Crippen LogP contribution in [0.2, 0.25) is 0 Å². The van der Waals surface area contributed by atoms with E-state index >= 15 is 0 Å². The van der Waals surface area contributed by atoms with Crippen molar-refractivity contribution in [2.75, 3.05) is 11.4 Å². The molecule has 1 saturated carbocycles. The molecule has 3 rings (SSSR count). The van der Waals surface area contributed by atoms with Crippen molar-refractivity contribution in [3.05, 3.63) is 10.6 Å². The quantitative estimate of drug-likeness (QED) is 0.919. The molecule has 1 aliphatic carbocycles. The molecule has 2 atom stereocenters. The number of fused-ring (bicyclic) bond motifs is 2. The summed E-state index contributed by atoms with van der Waals surface area (Å²) in [5.41, 5.74) is 1.46. The molecule has 2 bridgehead atoms. The van der Waals surface area contributed by atoms with Gasteiger partial charge < -0.3 is 10.2 Å². The van der Waals surface area contributed by atoms with Crippen molar-refractivity contribution >= 4 is 16.5 Å². The summed E-state index contributed by atoms with van der Waals surface area (Å²) >= 11 is 1.91. The fourth-order valence-electron chi connectivity index (χ4n) is 3.41. The van der Waals surface area contributed by atoms with Gasteiger partial charge in [0, 0.05) is 29.5 Å². The Morgan fingerprint density at radius 1 is 1.35 bits per heavy atom. The highest BCUT2D eigenvalue weighted by Crippen LogP contribution is 2.42. The molecule has 20 heavy (non-hydrogen) atoms. The molecule has 1 aromatic rings. The second kappa shape index (κ2) is 5.30. The summed E-state index contributed by atoms with van der Waals surface area (Å²) in [5.74, 6) is 0.935. The summed E-state index contributed by atoms with van der Waals surface area (Å²) in [7, 11) is 0. The number of anilines is 1. The van der Waals surface area contributed by atoms with Crippen molar-refractivity contribution in [2.24, 2.45) is 5.92 Å². The predicted octanol–water partition coefficient (Wildman–Crippen LogP) is 3.58. The maximum absolute atomic E-state index is 4.93. The maximum atomic E-state index is 4.93. The first-order valence-corrected chi connectivity index (χ1v) is 8.78. The van der Waals surface area contributed by atoms with E-state index in [1.165, 1.54) is 41.5 Å². The number of hydrogen-bond donors (Lipinski definition) is 1. The summed E-state index contributed by atoms with van der Waals surface area (Å²) in [4.78, 5) is 8.95. The van der Waals surface area contributed by atoms with E-state index in [0.29, 0.717) is 0 Å². The largest absolute Gasteiger partial charge is 0.345 e. The van der Waals surface area contributed by atoms with Gasteiger partial charge in [-0.1, -0.05) is 6.92 Å². The van der Waals surface area contributed by atoms with Gasteiger partial charge in [-0.25, -0.2) is 4.98 Å². The standard InChI is InChI=1S/C16H27N3S/c1-5-13-14(9-17-16(2,3)4)20-15(18-13)19-10-11-6-7-12(19)8-11/h11-12,17H,5-10H2,1-4H3. The Labute approximate surface area is 126 Å². The van der Waals surface area contributed by atoms with Crippen LogP contribution in [0.15, 0.2) is 0 Å². The van der Waals surface area contributed by atoms with E-state index in [-0.39, 0.29) is 5.54 Å².